The molecule has 1 aliphatic rings. The van der Waals surface area contributed by atoms with Crippen molar-refractivity contribution in [3.05, 3.63) is 46.8 Å². The Morgan fingerprint density at radius 1 is 1.27 bits per heavy atom. The van der Waals surface area contributed by atoms with Gasteiger partial charge in [0.25, 0.3) is 0 Å². The van der Waals surface area contributed by atoms with Crippen LogP contribution in [0.3, 0.4) is 0 Å². The number of thiazole rings is 1. The molecule has 3 aromatic heterocycles. The molecule has 30 heavy (non-hydrogen) atoms. The number of para-hydroxylation sites is 2. The van der Waals surface area contributed by atoms with Crippen molar-refractivity contribution in [2.24, 2.45) is 0 Å². The first-order chi connectivity index (χ1) is 14.7. The van der Waals surface area contributed by atoms with Crippen molar-refractivity contribution in [1.29, 1.82) is 0 Å². The quantitative estimate of drug-likeness (QED) is 0.535. The summed E-state index contributed by atoms with van der Waals surface area (Å²) in [6, 6.07) is 8.12. The van der Waals surface area contributed by atoms with Crippen molar-refractivity contribution in [2.45, 2.75) is 51.7 Å². The van der Waals surface area contributed by atoms with Crippen molar-refractivity contribution < 1.29 is 4.79 Å². The Kier molecular flexibility index (Phi) is 5.04. The number of amides is 1. The van der Waals surface area contributed by atoms with E-state index in [4.69, 9.17) is 0 Å². The number of benzene rings is 1. The molecule has 0 saturated heterocycles. The van der Waals surface area contributed by atoms with Crippen molar-refractivity contribution >= 4 is 28.3 Å². The zero-order chi connectivity index (χ0) is 20.5. The number of aromatic nitrogens is 6. The molecule has 4 aromatic rings. The Morgan fingerprint density at radius 2 is 2.17 bits per heavy atom. The first kappa shape index (κ1) is 18.9. The second-order valence-electron chi connectivity index (χ2n) is 7.61. The van der Waals surface area contributed by atoms with Gasteiger partial charge in [0.2, 0.25) is 5.91 Å². The molecule has 0 fully saturated rings. The number of carbonyl (C=O) groups is 1. The summed E-state index contributed by atoms with van der Waals surface area (Å²) in [6.45, 7) is 3.40. The Balaban J connectivity index is 1.19. The van der Waals surface area contributed by atoms with E-state index >= 15 is 0 Å². The highest BCUT2D eigenvalue weighted by molar-refractivity contribution is 7.09. The number of imidazole rings is 1. The van der Waals surface area contributed by atoms with E-state index in [1.54, 1.807) is 17.7 Å². The Hall–Kier alpha value is -3.07. The van der Waals surface area contributed by atoms with Crippen molar-refractivity contribution in [2.75, 3.05) is 0 Å². The fourth-order valence-electron chi connectivity index (χ4n) is 4.00. The van der Waals surface area contributed by atoms with Gasteiger partial charge in [0, 0.05) is 37.4 Å². The third-order valence-electron chi connectivity index (χ3n) is 5.57. The van der Waals surface area contributed by atoms with E-state index in [1.807, 2.05) is 41.1 Å². The van der Waals surface area contributed by atoms with Crippen LogP contribution in [0.5, 0.6) is 0 Å². The summed E-state index contributed by atoms with van der Waals surface area (Å²) in [5, 5.41) is 15.0. The molecule has 154 valence electrons. The van der Waals surface area contributed by atoms with Crippen LogP contribution in [0.15, 0.2) is 36.0 Å². The Bertz CT molecular complexity index is 1190. The number of hydrogen-bond acceptors (Lipinski definition) is 6. The summed E-state index contributed by atoms with van der Waals surface area (Å²) in [5.41, 5.74) is 2.89. The highest BCUT2D eigenvalue weighted by Gasteiger charge is 2.23. The molecular formula is C21H23N7OS. The standard InChI is InChI=1S/C21H23N7OS/c1-14-23-17(12-30-14)21-26-25-19-7-6-15(8-11-28(19)21)24-20(29)9-10-27-13-22-16-4-2-3-5-18(16)27/h2-5,12-13,15H,6-11H2,1H3,(H,24,29). The van der Waals surface area contributed by atoms with E-state index in [-0.39, 0.29) is 11.9 Å². The molecular weight excluding hydrogens is 398 g/mol. The number of rotatable bonds is 5. The molecule has 4 heterocycles. The number of nitrogens with zero attached hydrogens (tertiary/aromatic N) is 6. The zero-order valence-electron chi connectivity index (χ0n) is 16.8. The van der Waals surface area contributed by atoms with Gasteiger partial charge in [-0.15, -0.1) is 21.5 Å². The molecule has 1 amide bonds. The molecule has 0 bridgehead atoms. The highest BCUT2D eigenvalue weighted by atomic mass is 32.1. The summed E-state index contributed by atoms with van der Waals surface area (Å²) in [4.78, 5) is 21.5. The maximum atomic E-state index is 12.6. The molecule has 0 radical (unpaired) electrons. The van der Waals surface area contributed by atoms with Crippen LogP contribution in [0, 0.1) is 6.92 Å². The summed E-state index contributed by atoms with van der Waals surface area (Å²) in [6.07, 6.45) is 4.77. The average molecular weight is 422 g/mol. The maximum absolute atomic E-state index is 12.6. The molecule has 1 unspecified atom stereocenters. The van der Waals surface area contributed by atoms with Crippen LogP contribution in [0.1, 0.15) is 30.1 Å². The smallest absolute Gasteiger partial charge is 0.222 e. The fraction of sp³-hybridized carbons (Fsp3) is 0.381. The summed E-state index contributed by atoms with van der Waals surface area (Å²) < 4.78 is 4.18. The van der Waals surface area contributed by atoms with Gasteiger partial charge >= 0.3 is 0 Å². The summed E-state index contributed by atoms with van der Waals surface area (Å²) in [7, 11) is 0. The second kappa shape index (κ2) is 7.98. The molecule has 0 aliphatic carbocycles. The molecule has 8 nitrogen and oxygen atoms in total. The second-order valence-corrected chi connectivity index (χ2v) is 8.67. The number of aryl methyl sites for hydroxylation is 3. The zero-order valence-corrected chi connectivity index (χ0v) is 17.6. The van der Waals surface area contributed by atoms with Gasteiger partial charge in [-0.05, 0) is 31.9 Å². The van der Waals surface area contributed by atoms with Gasteiger partial charge in [0.15, 0.2) is 5.82 Å². The largest absolute Gasteiger partial charge is 0.353 e. The predicted octanol–water partition coefficient (Wildman–Crippen LogP) is 2.97. The predicted molar refractivity (Wildman–Crippen MR) is 115 cm³/mol. The lowest BCUT2D eigenvalue weighted by atomic mass is 10.1. The number of fused-ring (bicyclic) bond motifs is 2. The molecule has 1 atom stereocenters. The van der Waals surface area contributed by atoms with Crippen LogP contribution >= 0.6 is 11.3 Å². The lowest BCUT2D eigenvalue weighted by Crippen LogP contribution is -2.35. The first-order valence-corrected chi connectivity index (χ1v) is 11.1. The van der Waals surface area contributed by atoms with Crippen LogP contribution in [-0.2, 0) is 24.3 Å². The van der Waals surface area contributed by atoms with E-state index in [0.717, 1.165) is 59.2 Å². The van der Waals surface area contributed by atoms with Crippen LogP contribution in [0.2, 0.25) is 0 Å². The van der Waals surface area contributed by atoms with Gasteiger partial charge in [0.05, 0.1) is 22.4 Å². The van der Waals surface area contributed by atoms with E-state index in [0.29, 0.717) is 13.0 Å². The monoisotopic (exact) mass is 421 g/mol. The van der Waals surface area contributed by atoms with Gasteiger partial charge in [-0.25, -0.2) is 9.97 Å². The van der Waals surface area contributed by atoms with Gasteiger partial charge in [0.1, 0.15) is 11.5 Å². The average Bonchev–Trinajstić information content (AvgIpc) is 3.44. The lowest BCUT2D eigenvalue weighted by molar-refractivity contribution is -0.122. The molecule has 1 aromatic carbocycles. The van der Waals surface area contributed by atoms with E-state index in [1.165, 1.54) is 0 Å². The highest BCUT2D eigenvalue weighted by Crippen LogP contribution is 2.24. The number of hydrogen-bond donors (Lipinski definition) is 1. The normalized spacial score (nSPS) is 16.4. The van der Waals surface area contributed by atoms with E-state index in [2.05, 4.69) is 30.0 Å². The molecule has 0 saturated carbocycles. The Morgan fingerprint density at radius 3 is 3.03 bits per heavy atom. The molecule has 1 aliphatic heterocycles. The molecule has 0 spiro atoms. The van der Waals surface area contributed by atoms with Crippen molar-refractivity contribution in [1.82, 2.24) is 34.6 Å². The van der Waals surface area contributed by atoms with Crippen LogP contribution < -0.4 is 5.32 Å². The third kappa shape index (κ3) is 3.72. The van der Waals surface area contributed by atoms with Crippen LogP contribution in [-0.4, -0.2) is 41.2 Å². The topological polar surface area (TPSA) is 90.5 Å². The van der Waals surface area contributed by atoms with Gasteiger partial charge in [-0.1, -0.05) is 12.1 Å². The van der Waals surface area contributed by atoms with E-state index in [9.17, 15) is 4.79 Å². The molecule has 1 N–H and O–H groups in total. The molecule has 5 rings (SSSR count). The minimum absolute atomic E-state index is 0.0748. The minimum atomic E-state index is 0.0748. The molecule has 9 heteroatoms. The number of nitrogens with one attached hydrogen (secondary N) is 1. The Labute approximate surface area is 178 Å². The van der Waals surface area contributed by atoms with E-state index < -0.39 is 0 Å². The first-order valence-electron chi connectivity index (χ1n) is 10.2. The SMILES string of the molecule is Cc1nc(-c2nnc3n2CCC(NC(=O)CCn2cnc4ccccc42)CC3)cs1. The number of carbonyl (C=O) groups excluding carboxylic acids is 1. The van der Waals surface area contributed by atoms with Crippen molar-refractivity contribution in [3.8, 4) is 11.5 Å². The lowest BCUT2D eigenvalue weighted by Gasteiger charge is -2.16. The summed E-state index contributed by atoms with van der Waals surface area (Å²) >= 11 is 1.62. The van der Waals surface area contributed by atoms with Gasteiger partial charge < -0.3 is 14.5 Å². The van der Waals surface area contributed by atoms with Crippen LogP contribution in [0.25, 0.3) is 22.6 Å². The van der Waals surface area contributed by atoms with Crippen LogP contribution in [0.4, 0.5) is 0 Å². The fourth-order valence-corrected chi connectivity index (χ4v) is 4.59. The minimum Gasteiger partial charge on any atom is -0.353 e. The van der Waals surface area contributed by atoms with Gasteiger partial charge in [-0.3, -0.25) is 4.79 Å². The summed E-state index contributed by atoms with van der Waals surface area (Å²) in [5.74, 6) is 1.87. The maximum Gasteiger partial charge on any atom is 0.222 e. The van der Waals surface area contributed by atoms with Gasteiger partial charge in [-0.2, -0.15) is 0 Å². The van der Waals surface area contributed by atoms with Crippen molar-refractivity contribution in [3.63, 3.8) is 0 Å². The third-order valence-corrected chi connectivity index (χ3v) is 6.34.